The molecule has 0 saturated carbocycles. The first-order valence-corrected chi connectivity index (χ1v) is 4.57. The first-order chi connectivity index (χ1) is 7.28. The highest BCUT2D eigenvalue weighted by Crippen LogP contribution is 2.24. The van der Waals surface area contributed by atoms with Crippen molar-refractivity contribution < 1.29 is 18.0 Å². The number of benzene rings is 1. The molecule has 0 atom stereocenters. The fourth-order valence-electron chi connectivity index (χ4n) is 0.992. The van der Waals surface area contributed by atoms with Crippen LogP contribution in [0.3, 0.4) is 0 Å². The van der Waals surface area contributed by atoms with Crippen molar-refractivity contribution in [3.8, 4) is 0 Å². The molecule has 0 aliphatic heterocycles. The van der Waals surface area contributed by atoms with Gasteiger partial charge < -0.3 is 11.1 Å². The van der Waals surface area contributed by atoms with Crippen LogP contribution in [0.25, 0.3) is 0 Å². The van der Waals surface area contributed by atoms with Crippen molar-refractivity contribution in [1.29, 1.82) is 0 Å². The zero-order valence-corrected chi connectivity index (χ0v) is 8.69. The van der Waals surface area contributed by atoms with Crippen molar-refractivity contribution >= 4 is 28.9 Å². The van der Waals surface area contributed by atoms with Gasteiger partial charge in [0, 0.05) is 5.69 Å². The number of nitrogens with one attached hydrogen (secondary N) is 1. The molecule has 0 aliphatic carbocycles. The Morgan fingerprint density at radius 1 is 1.44 bits per heavy atom. The minimum atomic E-state index is -4.53. The standard InChI is InChI=1S/C9H8ClF3N2O/c10-6-3-5(1-2-7(6)14)15-8(16)4-9(11,12)13/h1-3H,4,14H2,(H,15,16). The number of carbonyl (C=O) groups is 1. The number of amides is 1. The third kappa shape index (κ3) is 3.98. The largest absolute Gasteiger partial charge is 0.398 e. The van der Waals surface area contributed by atoms with Crippen LogP contribution in [0.1, 0.15) is 6.42 Å². The molecule has 88 valence electrons. The zero-order valence-electron chi connectivity index (χ0n) is 7.94. The predicted molar refractivity (Wildman–Crippen MR) is 55.2 cm³/mol. The summed E-state index contributed by atoms with van der Waals surface area (Å²) in [4.78, 5) is 10.9. The van der Waals surface area contributed by atoms with E-state index in [9.17, 15) is 18.0 Å². The van der Waals surface area contributed by atoms with Gasteiger partial charge in [-0.25, -0.2) is 0 Å². The van der Waals surface area contributed by atoms with Gasteiger partial charge in [-0.15, -0.1) is 0 Å². The van der Waals surface area contributed by atoms with Crippen LogP contribution in [0.4, 0.5) is 24.5 Å². The molecule has 0 aliphatic rings. The average molecular weight is 253 g/mol. The van der Waals surface area contributed by atoms with Gasteiger partial charge in [0.25, 0.3) is 0 Å². The molecule has 3 nitrogen and oxygen atoms in total. The minimum absolute atomic E-state index is 0.171. The van der Waals surface area contributed by atoms with E-state index in [1.165, 1.54) is 18.2 Å². The first kappa shape index (κ1) is 12.6. The molecule has 1 amide bonds. The molecule has 0 heterocycles. The summed E-state index contributed by atoms with van der Waals surface area (Å²) in [7, 11) is 0. The van der Waals surface area contributed by atoms with Crippen molar-refractivity contribution in [2.75, 3.05) is 11.1 Å². The number of nitrogens with two attached hydrogens (primary N) is 1. The second-order valence-electron chi connectivity index (χ2n) is 3.08. The molecule has 0 spiro atoms. The maximum absolute atomic E-state index is 11.8. The van der Waals surface area contributed by atoms with E-state index in [1.807, 2.05) is 0 Å². The van der Waals surface area contributed by atoms with Crippen LogP contribution in [0.15, 0.2) is 18.2 Å². The Hall–Kier alpha value is -1.43. The molecule has 0 unspecified atom stereocenters. The van der Waals surface area contributed by atoms with Crippen molar-refractivity contribution in [3.05, 3.63) is 23.2 Å². The number of anilines is 2. The lowest BCUT2D eigenvalue weighted by molar-refractivity contribution is -0.150. The van der Waals surface area contributed by atoms with Crippen LogP contribution in [0, 0.1) is 0 Å². The van der Waals surface area contributed by atoms with E-state index in [-0.39, 0.29) is 16.4 Å². The van der Waals surface area contributed by atoms with Gasteiger partial charge in [-0.2, -0.15) is 13.2 Å². The van der Waals surface area contributed by atoms with E-state index >= 15 is 0 Å². The van der Waals surface area contributed by atoms with E-state index in [0.717, 1.165) is 0 Å². The monoisotopic (exact) mass is 252 g/mol. The quantitative estimate of drug-likeness (QED) is 0.795. The summed E-state index contributed by atoms with van der Waals surface area (Å²) in [6, 6.07) is 4.05. The molecular weight excluding hydrogens is 245 g/mol. The van der Waals surface area contributed by atoms with Gasteiger partial charge in [-0.05, 0) is 18.2 Å². The van der Waals surface area contributed by atoms with Crippen LogP contribution in [-0.4, -0.2) is 12.1 Å². The van der Waals surface area contributed by atoms with Crippen LogP contribution in [0.2, 0.25) is 5.02 Å². The molecule has 0 radical (unpaired) electrons. The molecule has 1 rings (SSSR count). The molecule has 1 aromatic carbocycles. The number of carbonyl (C=O) groups excluding carboxylic acids is 1. The number of hydrogen-bond acceptors (Lipinski definition) is 2. The summed E-state index contributed by atoms with van der Waals surface area (Å²) in [6.45, 7) is 0. The van der Waals surface area contributed by atoms with Crippen molar-refractivity contribution in [2.45, 2.75) is 12.6 Å². The van der Waals surface area contributed by atoms with E-state index in [2.05, 4.69) is 5.32 Å². The summed E-state index contributed by atoms with van der Waals surface area (Å²) in [5.41, 5.74) is 5.86. The molecule has 0 aromatic heterocycles. The van der Waals surface area contributed by atoms with Gasteiger partial charge in [-0.3, -0.25) is 4.79 Å². The lowest BCUT2D eigenvalue weighted by Crippen LogP contribution is -2.21. The zero-order chi connectivity index (χ0) is 12.3. The Morgan fingerprint density at radius 3 is 2.56 bits per heavy atom. The van der Waals surface area contributed by atoms with Gasteiger partial charge in [0.05, 0.1) is 10.7 Å². The molecular formula is C9H8ClF3N2O. The van der Waals surface area contributed by atoms with E-state index < -0.39 is 18.5 Å². The van der Waals surface area contributed by atoms with Crippen molar-refractivity contribution in [1.82, 2.24) is 0 Å². The highest BCUT2D eigenvalue weighted by Gasteiger charge is 2.31. The van der Waals surface area contributed by atoms with E-state index in [4.69, 9.17) is 17.3 Å². The van der Waals surface area contributed by atoms with Gasteiger partial charge in [0.2, 0.25) is 5.91 Å². The Kier molecular flexibility index (Phi) is 3.64. The second kappa shape index (κ2) is 4.61. The molecule has 0 fully saturated rings. The highest BCUT2D eigenvalue weighted by molar-refractivity contribution is 6.33. The SMILES string of the molecule is Nc1ccc(NC(=O)CC(F)(F)F)cc1Cl. The average Bonchev–Trinajstić information content (AvgIpc) is 2.08. The second-order valence-corrected chi connectivity index (χ2v) is 3.48. The smallest absolute Gasteiger partial charge is 0.397 e. The summed E-state index contributed by atoms with van der Waals surface area (Å²) in [6.07, 6.45) is -6.06. The van der Waals surface area contributed by atoms with E-state index in [1.54, 1.807) is 0 Å². The number of alkyl halides is 3. The summed E-state index contributed by atoms with van der Waals surface area (Å²) in [5, 5.41) is 2.24. The van der Waals surface area contributed by atoms with Crippen molar-refractivity contribution in [2.24, 2.45) is 0 Å². The molecule has 7 heteroatoms. The van der Waals surface area contributed by atoms with E-state index in [0.29, 0.717) is 0 Å². The molecule has 0 saturated heterocycles. The van der Waals surface area contributed by atoms with Gasteiger partial charge in [0.1, 0.15) is 6.42 Å². The Balaban J connectivity index is 2.67. The molecule has 3 N–H and O–H groups in total. The normalized spacial score (nSPS) is 11.2. The number of nitrogen functional groups attached to an aromatic ring is 1. The maximum atomic E-state index is 11.8. The first-order valence-electron chi connectivity index (χ1n) is 4.19. The predicted octanol–water partition coefficient (Wildman–Crippen LogP) is 2.81. The Labute approximate surface area is 94.4 Å². The fourth-order valence-corrected chi connectivity index (χ4v) is 1.17. The molecule has 0 bridgehead atoms. The van der Waals surface area contributed by atoms with Crippen LogP contribution in [-0.2, 0) is 4.79 Å². The fraction of sp³-hybridized carbons (Fsp3) is 0.222. The highest BCUT2D eigenvalue weighted by atomic mass is 35.5. The summed E-state index contributed by atoms with van der Waals surface area (Å²) >= 11 is 5.63. The van der Waals surface area contributed by atoms with Crippen LogP contribution in [0.5, 0.6) is 0 Å². The maximum Gasteiger partial charge on any atom is 0.397 e. The summed E-state index contributed by atoms with van der Waals surface area (Å²) in [5.74, 6) is -1.15. The van der Waals surface area contributed by atoms with Crippen LogP contribution >= 0.6 is 11.6 Å². The third-order valence-electron chi connectivity index (χ3n) is 1.65. The Bertz CT molecular complexity index is 406. The van der Waals surface area contributed by atoms with Gasteiger partial charge in [0.15, 0.2) is 0 Å². The van der Waals surface area contributed by atoms with Crippen LogP contribution < -0.4 is 11.1 Å². The lowest BCUT2D eigenvalue weighted by Gasteiger charge is -2.08. The molecule has 1 aromatic rings. The van der Waals surface area contributed by atoms with Gasteiger partial charge in [-0.1, -0.05) is 11.6 Å². The lowest BCUT2D eigenvalue weighted by atomic mass is 10.2. The number of rotatable bonds is 2. The topological polar surface area (TPSA) is 55.1 Å². The molecule has 16 heavy (non-hydrogen) atoms. The van der Waals surface area contributed by atoms with Gasteiger partial charge >= 0.3 is 6.18 Å². The Morgan fingerprint density at radius 2 is 2.06 bits per heavy atom. The summed E-state index contributed by atoms with van der Waals surface area (Å²) < 4.78 is 35.5. The minimum Gasteiger partial charge on any atom is -0.398 e. The third-order valence-corrected chi connectivity index (χ3v) is 1.97. The number of hydrogen-bond donors (Lipinski definition) is 2. The number of halogens is 4. The van der Waals surface area contributed by atoms with Crippen molar-refractivity contribution in [3.63, 3.8) is 0 Å².